The molecule has 1 aromatic carbocycles. The summed E-state index contributed by atoms with van der Waals surface area (Å²) < 4.78 is 4.95. The van der Waals surface area contributed by atoms with Gasteiger partial charge in [-0.15, -0.1) is 16.4 Å². The largest absolute Gasteiger partial charge is 0.383 e. The van der Waals surface area contributed by atoms with Gasteiger partial charge in [-0.2, -0.15) is 5.10 Å². The van der Waals surface area contributed by atoms with Gasteiger partial charge >= 0.3 is 0 Å². The first-order valence-corrected chi connectivity index (χ1v) is 6.69. The Morgan fingerprint density at radius 3 is 3.17 bits per heavy atom. The summed E-state index contributed by atoms with van der Waals surface area (Å²) in [6.07, 6.45) is 1.70. The molecule has 90 valence electrons. The molecule has 8 heteroatoms. The fourth-order valence-electron chi connectivity index (χ4n) is 1.38. The van der Waals surface area contributed by atoms with E-state index < -0.39 is 0 Å². The molecule has 0 aliphatic carbocycles. The number of nitrogens with two attached hydrogens (primary N) is 1. The molecule has 0 fully saturated rings. The number of nitrogens with zero attached hydrogens (tertiary/aromatic N) is 4. The lowest BCUT2D eigenvalue weighted by molar-refractivity contribution is 1.20. The number of thiazole rings is 1. The fraction of sp³-hybridized carbons (Fsp3) is 0. The predicted molar refractivity (Wildman–Crippen MR) is 75.2 cm³/mol. The quantitative estimate of drug-likeness (QED) is 0.565. The molecule has 0 bridgehead atoms. The third-order valence-corrected chi connectivity index (χ3v) is 3.64. The minimum atomic E-state index is 0.493. The van der Waals surface area contributed by atoms with Gasteiger partial charge in [-0.25, -0.2) is 4.98 Å². The molecule has 6 nitrogen and oxygen atoms in total. The molecule has 0 atom stereocenters. The molecule has 2 aromatic heterocycles. The van der Waals surface area contributed by atoms with E-state index in [1.165, 1.54) is 22.9 Å². The van der Waals surface area contributed by atoms with Gasteiger partial charge in [-0.1, -0.05) is 10.6 Å². The van der Waals surface area contributed by atoms with Crippen LogP contribution in [0.15, 0.2) is 28.7 Å². The van der Waals surface area contributed by atoms with Crippen LogP contribution in [0.3, 0.4) is 0 Å². The zero-order valence-corrected chi connectivity index (χ0v) is 10.7. The van der Waals surface area contributed by atoms with Gasteiger partial charge in [-0.3, -0.25) is 5.43 Å². The average molecular weight is 276 g/mol. The van der Waals surface area contributed by atoms with E-state index in [2.05, 4.69) is 25.1 Å². The van der Waals surface area contributed by atoms with Crippen molar-refractivity contribution in [1.29, 1.82) is 0 Å². The van der Waals surface area contributed by atoms with Crippen LogP contribution in [-0.2, 0) is 0 Å². The van der Waals surface area contributed by atoms with Gasteiger partial charge < -0.3 is 5.73 Å². The molecule has 18 heavy (non-hydrogen) atoms. The number of aromatic nitrogens is 3. The Labute approximate surface area is 110 Å². The minimum absolute atomic E-state index is 0.493. The Balaban J connectivity index is 1.75. The number of fused-ring (bicyclic) bond motifs is 1. The number of hydrogen-bond donors (Lipinski definition) is 2. The molecule has 0 radical (unpaired) electrons. The highest BCUT2D eigenvalue weighted by atomic mass is 32.1. The van der Waals surface area contributed by atoms with E-state index in [1.54, 1.807) is 11.6 Å². The summed E-state index contributed by atoms with van der Waals surface area (Å²) in [7, 11) is 0. The van der Waals surface area contributed by atoms with Gasteiger partial charge in [0.25, 0.3) is 0 Å². The maximum Gasteiger partial charge on any atom is 0.205 e. The van der Waals surface area contributed by atoms with Crippen molar-refractivity contribution in [3.8, 4) is 0 Å². The van der Waals surface area contributed by atoms with Crippen LogP contribution in [0.2, 0.25) is 0 Å². The highest BCUT2D eigenvalue weighted by Gasteiger charge is 1.98. The van der Waals surface area contributed by atoms with Crippen LogP contribution in [-0.4, -0.2) is 20.8 Å². The van der Waals surface area contributed by atoms with Crippen molar-refractivity contribution in [2.45, 2.75) is 0 Å². The van der Waals surface area contributed by atoms with E-state index in [1.807, 2.05) is 18.2 Å². The van der Waals surface area contributed by atoms with Crippen LogP contribution in [0.5, 0.6) is 0 Å². The van der Waals surface area contributed by atoms with E-state index in [0.29, 0.717) is 10.9 Å². The summed E-state index contributed by atoms with van der Waals surface area (Å²) in [4.78, 5) is 4.03. The van der Waals surface area contributed by atoms with Gasteiger partial charge in [0, 0.05) is 5.38 Å². The number of anilines is 2. The van der Waals surface area contributed by atoms with Crippen LogP contribution >= 0.6 is 22.9 Å². The van der Waals surface area contributed by atoms with E-state index >= 15 is 0 Å². The first-order chi connectivity index (χ1) is 8.81. The summed E-state index contributed by atoms with van der Waals surface area (Å²) in [5, 5.41) is 10.5. The third-order valence-electron chi connectivity index (χ3n) is 2.17. The molecule has 0 saturated carbocycles. The molecule has 0 unspecified atom stereocenters. The second-order valence-electron chi connectivity index (χ2n) is 3.45. The Morgan fingerprint density at radius 1 is 1.39 bits per heavy atom. The van der Waals surface area contributed by atoms with E-state index in [4.69, 9.17) is 5.73 Å². The molecule has 3 rings (SSSR count). The lowest BCUT2D eigenvalue weighted by atomic mass is 10.2. The first-order valence-electron chi connectivity index (χ1n) is 5.03. The lowest BCUT2D eigenvalue weighted by Gasteiger charge is -1.94. The first kappa shape index (κ1) is 11.1. The number of hydrazone groups is 1. The van der Waals surface area contributed by atoms with Crippen molar-refractivity contribution in [2.75, 3.05) is 11.2 Å². The van der Waals surface area contributed by atoms with Gasteiger partial charge in [0.05, 0.1) is 10.9 Å². The molecule has 0 aliphatic heterocycles. The average Bonchev–Trinajstić information content (AvgIpc) is 2.97. The van der Waals surface area contributed by atoms with Gasteiger partial charge in [0.15, 0.2) is 0 Å². The number of nitrogens with one attached hydrogen (secondary N) is 1. The van der Waals surface area contributed by atoms with Crippen LogP contribution in [0.1, 0.15) is 5.56 Å². The van der Waals surface area contributed by atoms with E-state index in [9.17, 15) is 0 Å². The van der Waals surface area contributed by atoms with Gasteiger partial charge in [0.1, 0.15) is 11.3 Å². The molecule has 2 heterocycles. The Hall–Kier alpha value is -2.06. The highest BCUT2D eigenvalue weighted by Crippen LogP contribution is 2.17. The van der Waals surface area contributed by atoms with Crippen molar-refractivity contribution in [3.63, 3.8) is 0 Å². The number of rotatable bonds is 3. The Kier molecular flexibility index (Phi) is 2.87. The molecule has 0 spiro atoms. The van der Waals surface area contributed by atoms with E-state index in [0.717, 1.165) is 15.8 Å². The second-order valence-corrected chi connectivity index (χ2v) is 5.09. The van der Waals surface area contributed by atoms with Crippen LogP contribution in [0.4, 0.5) is 10.9 Å². The lowest BCUT2D eigenvalue weighted by Crippen LogP contribution is -1.91. The Bertz CT molecular complexity index is 701. The second kappa shape index (κ2) is 4.67. The zero-order valence-electron chi connectivity index (χ0n) is 9.07. The zero-order chi connectivity index (χ0) is 12.4. The molecule has 3 N–H and O–H groups in total. The third kappa shape index (κ3) is 2.29. The Morgan fingerprint density at radius 2 is 2.33 bits per heavy atom. The summed E-state index contributed by atoms with van der Waals surface area (Å²) in [5.74, 6) is 0.493. The molecular weight excluding hydrogens is 268 g/mol. The number of benzene rings is 1. The molecule has 0 saturated heterocycles. The minimum Gasteiger partial charge on any atom is -0.383 e. The SMILES string of the molecule is Nc1csc(NN=Cc2ccc3snnc3c2)n1. The summed E-state index contributed by atoms with van der Waals surface area (Å²) in [5.41, 5.74) is 10.2. The van der Waals surface area contributed by atoms with Crippen molar-refractivity contribution < 1.29 is 0 Å². The molecular formula is C10H8N6S2. The topological polar surface area (TPSA) is 89.1 Å². The van der Waals surface area contributed by atoms with Crippen molar-refractivity contribution in [3.05, 3.63) is 29.1 Å². The van der Waals surface area contributed by atoms with Crippen molar-refractivity contribution in [1.82, 2.24) is 14.6 Å². The van der Waals surface area contributed by atoms with Gasteiger partial charge in [0.2, 0.25) is 5.13 Å². The van der Waals surface area contributed by atoms with Crippen molar-refractivity contribution >= 4 is 50.2 Å². The smallest absolute Gasteiger partial charge is 0.205 e. The summed E-state index contributed by atoms with van der Waals surface area (Å²) in [6.45, 7) is 0. The number of nitrogen functional groups attached to an aromatic ring is 1. The van der Waals surface area contributed by atoms with Gasteiger partial charge in [-0.05, 0) is 29.2 Å². The van der Waals surface area contributed by atoms with Crippen LogP contribution in [0.25, 0.3) is 10.2 Å². The van der Waals surface area contributed by atoms with Crippen LogP contribution < -0.4 is 11.2 Å². The maximum atomic E-state index is 5.51. The molecule has 0 aliphatic rings. The van der Waals surface area contributed by atoms with Crippen LogP contribution in [0, 0.1) is 0 Å². The standard InChI is InChI=1S/C10H8N6S2/c11-9-5-17-10(13-9)15-12-4-6-1-2-8-7(3-6)14-16-18-8/h1-5H,11H2,(H,13,15). The monoisotopic (exact) mass is 276 g/mol. The predicted octanol–water partition coefficient (Wildman–Crippen LogP) is 2.18. The van der Waals surface area contributed by atoms with Crippen molar-refractivity contribution in [2.24, 2.45) is 5.10 Å². The summed E-state index contributed by atoms with van der Waals surface area (Å²) >= 11 is 2.78. The molecule has 3 aromatic rings. The fourth-order valence-corrected chi connectivity index (χ4v) is 2.47. The highest BCUT2D eigenvalue weighted by molar-refractivity contribution is 7.14. The van der Waals surface area contributed by atoms with E-state index in [-0.39, 0.29) is 0 Å². The normalized spacial score (nSPS) is 11.3. The maximum absolute atomic E-state index is 5.51. The number of hydrogen-bond acceptors (Lipinski definition) is 8. The molecule has 0 amide bonds. The summed E-state index contributed by atoms with van der Waals surface area (Å²) in [6, 6.07) is 5.87.